The number of rotatable bonds is 11. The molecule has 1 heterocycles. The Morgan fingerprint density at radius 2 is 1.94 bits per heavy atom. The van der Waals surface area contributed by atoms with E-state index in [1.54, 1.807) is 20.3 Å². The highest BCUT2D eigenvalue weighted by Crippen LogP contribution is 2.28. The number of ether oxygens (including phenoxy) is 3. The van der Waals surface area contributed by atoms with E-state index in [1.807, 2.05) is 12.1 Å². The summed E-state index contributed by atoms with van der Waals surface area (Å²) in [6.07, 6.45) is 2.15. The highest BCUT2D eigenvalue weighted by molar-refractivity contribution is 7.89. The third-order valence-corrected chi connectivity index (χ3v) is 6.66. The topological polar surface area (TPSA) is 123 Å². The Labute approximate surface area is 187 Å². The summed E-state index contributed by atoms with van der Waals surface area (Å²) in [6.45, 7) is 1.23. The fraction of sp³-hybridized carbons (Fsp3) is 0.409. The fourth-order valence-electron chi connectivity index (χ4n) is 3.49. The Bertz CT molecular complexity index is 1050. The SMILES string of the molecule is COc1ccc(CCNc2ccc(S(=O)(=O)NC[C@@H]3CCCO3)cc2C(=O)O)cc1OC. The van der Waals surface area contributed by atoms with Crippen molar-refractivity contribution in [2.75, 3.05) is 39.2 Å². The molecule has 0 saturated carbocycles. The normalized spacial score (nSPS) is 16.0. The number of sulfonamides is 1. The van der Waals surface area contributed by atoms with Gasteiger partial charge in [0.05, 0.1) is 30.8 Å². The van der Waals surface area contributed by atoms with E-state index >= 15 is 0 Å². The molecule has 0 aliphatic carbocycles. The summed E-state index contributed by atoms with van der Waals surface area (Å²) in [6, 6.07) is 9.59. The summed E-state index contributed by atoms with van der Waals surface area (Å²) < 4.78 is 43.6. The smallest absolute Gasteiger partial charge is 0.337 e. The third-order valence-electron chi connectivity index (χ3n) is 5.23. The summed E-state index contributed by atoms with van der Waals surface area (Å²) in [5.74, 6) is 0.0263. The number of aromatic carboxylic acids is 1. The van der Waals surface area contributed by atoms with E-state index in [0.29, 0.717) is 36.8 Å². The van der Waals surface area contributed by atoms with Gasteiger partial charge in [-0.1, -0.05) is 6.07 Å². The Balaban J connectivity index is 1.67. The number of carbonyl (C=O) groups is 1. The van der Waals surface area contributed by atoms with Gasteiger partial charge < -0.3 is 24.6 Å². The highest BCUT2D eigenvalue weighted by Gasteiger charge is 2.22. The van der Waals surface area contributed by atoms with E-state index in [1.165, 1.54) is 18.2 Å². The number of benzene rings is 2. The molecular formula is C22H28N2O7S. The molecule has 1 atom stereocenters. The van der Waals surface area contributed by atoms with Crippen LogP contribution in [-0.4, -0.2) is 59.5 Å². The predicted octanol–water partition coefficient (Wildman–Crippen LogP) is 2.51. The van der Waals surface area contributed by atoms with Gasteiger partial charge in [0.15, 0.2) is 11.5 Å². The van der Waals surface area contributed by atoms with Crippen LogP contribution >= 0.6 is 0 Å². The van der Waals surface area contributed by atoms with Crippen molar-refractivity contribution < 1.29 is 32.5 Å². The number of hydrogen-bond donors (Lipinski definition) is 3. The van der Waals surface area contributed by atoms with Crippen LogP contribution in [-0.2, 0) is 21.2 Å². The molecule has 9 nitrogen and oxygen atoms in total. The number of carboxylic acids is 1. The first-order chi connectivity index (χ1) is 15.3. The summed E-state index contributed by atoms with van der Waals surface area (Å²) >= 11 is 0. The highest BCUT2D eigenvalue weighted by atomic mass is 32.2. The molecule has 0 unspecified atom stereocenters. The minimum absolute atomic E-state index is 0.0988. The van der Waals surface area contributed by atoms with Gasteiger partial charge in [-0.25, -0.2) is 17.9 Å². The lowest BCUT2D eigenvalue weighted by Crippen LogP contribution is -2.32. The summed E-state index contributed by atoms with van der Waals surface area (Å²) in [5, 5.41) is 12.7. The van der Waals surface area contributed by atoms with Crippen molar-refractivity contribution in [1.29, 1.82) is 0 Å². The van der Waals surface area contributed by atoms with Gasteiger partial charge in [-0.3, -0.25) is 0 Å². The molecule has 32 heavy (non-hydrogen) atoms. The lowest BCUT2D eigenvalue weighted by Gasteiger charge is -2.14. The summed E-state index contributed by atoms with van der Waals surface area (Å²) in [4.78, 5) is 11.7. The quantitative estimate of drug-likeness (QED) is 0.464. The van der Waals surface area contributed by atoms with Crippen LogP contribution in [0.25, 0.3) is 0 Å². The van der Waals surface area contributed by atoms with E-state index in [4.69, 9.17) is 14.2 Å². The molecule has 0 aromatic heterocycles. The number of carboxylic acid groups (broad SMARTS) is 1. The molecule has 0 amide bonds. The Kier molecular flexibility index (Phi) is 7.94. The van der Waals surface area contributed by atoms with Gasteiger partial charge in [0.2, 0.25) is 10.0 Å². The minimum Gasteiger partial charge on any atom is -0.493 e. The Hall–Kier alpha value is -2.82. The van der Waals surface area contributed by atoms with Gasteiger partial charge in [-0.05, 0) is 55.2 Å². The maximum Gasteiger partial charge on any atom is 0.337 e. The molecule has 174 valence electrons. The van der Waals surface area contributed by atoms with E-state index in [9.17, 15) is 18.3 Å². The molecule has 2 aromatic rings. The van der Waals surface area contributed by atoms with E-state index in [0.717, 1.165) is 18.4 Å². The molecule has 1 fully saturated rings. The molecule has 0 bridgehead atoms. The Morgan fingerprint density at radius 3 is 2.59 bits per heavy atom. The van der Waals surface area contributed by atoms with Gasteiger partial charge in [0.25, 0.3) is 0 Å². The van der Waals surface area contributed by atoms with Gasteiger partial charge >= 0.3 is 5.97 Å². The molecular weight excluding hydrogens is 436 g/mol. The lowest BCUT2D eigenvalue weighted by molar-refractivity contribution is 0.0697. The molecule has 1 saturated heterocycles. The molecule has 3 rings (SSSR count). The van der Waals surface area contributed by atoms with Crippen molar-refractivity contribution in [2.24, 2.45) is 0 Å². The van der Waals surface area contributed by atoms with Crippen LogP contribution in [0.1, 0.15) is 28.8 Å². The van der Waals surface area contributed by atoms with E-state index in [2.05, 4.69) is 10.0 Å². The summed E-state index contributed by atoms with van der Waals surface area (Å²) in [7, 11) is -0.722. The van der Waals surface area contributed by atoms with Gasteiger partial charge in [0.1, 0.15) is 0 Å². The first-order valence-corrected chi connectivity index (χ1v) is 11.8. The van der Waals surface area contributed by atoms with Crippen LogP contribution in [0, 0.1) is 0 Å². The van der Waals surface area contributed by atoms with Crippen molar-refractivity contribution in [3.05, 3.63) is 47.5 Å². The number of hydrogen-bond acceptors (Lipinski definition) is 7. The van der Waals surface area contributed by atoms with Gasteiger partial charge in [0, 0.05) is 25.4 Å². The van der Waals surface area contributed by atoms with E-state index < -0.39 is 16.0 Å². The average Bonchev–Trinajstić information content (AvgIpc) is 3.31. The van der Waals surface area contributed by atoms with Crippen molar-refractivity contribution >= 4 is 21.7 Å². The second-order valence-electron chi connectivity index (χ2n) is 7.37. The zero-order chi connectivity index (χ0) is 23.1. The fourth-order valence-corrected chi connectivity index (χ4v) is 4.58. The second-order valence-corrected chi connectivity index (χ2v) is 9.13. The maximum absolute atomic E-state index is 12.6. The average molecular weight is 465 g/mol. The molecule has 0 radical (unpaired) electrons. The number of nitrogens with one attached hydrogen (secondary N) is 2. The molecule has 0 spiro atoms. The van der Waals surface area contributed by atoms with Gasteiger partial charge in [-0.2, -0.15) is 0 Å². The first-order valence-electron chi connectivity index (χ1n) is 10.3. The minimum atomic E-state index is -3.85. The van der Waals surface area contributed by atoms with Crippen LogP contribution in [0.3, 0.4) is 0 Å². The Morgan fingerprint density at radius 1 is 1.16 bits per heavy atom. The zero-order valence-electron chi connectivity index (χ0n) is 18.1. The largest absolute Gasteiger partial charge is 0.493 e. The van der Waals surface area contributed by atoms with Crippen LogP contribution in [0.15, 0.2) is 41.3 Å². The van der Waals surface area contributed by atoms with Crippen LogP contribution in [0.5, 0.6) is 11.5 Å². The van der Waals surface area contributed by atoms with E-state index in [-0.39, 0.29) is 23.1 Å². The molecule has 3 N–H and O–H groups in total. The zero-order valence-corrected chi connectivity index (χ0v) is 18.9. The third kappa shape index (κ3) is 5.90. The van der Waals surface area contributed by atoms with Crippen molar-refractivity contribution in [2.45, 2.75) is 30.3 Å². The standard InChI is InChI=1S/C22H28N2O7S/c1-29-20-8-5-15(12-21(20)30-2)9-10-23-19-7-6-17(13-18(19)22(25)26)32(27,28)24-14-16-4-3-11-31-16/h5-8,12-13,16,23-24H,3-4,9-11,14H2,1-2H3,(H,25,26)/t16-/m0/s1. The van der Waals surface area contributed by atoms with Crippen LogP contribution in [0.2, 0.25) is 0 Å². The molecule has 1 aliphatic rings. The number of methoxy groups -OCH3 is 2. The maximum atomic E-state index is 12.6. The first kappa shape index (κ1) is 23.8. The van der Waals surface area contributed by atoms with Crippen LogP contribution < -0.4 is 19.5 Å². The van der Waals surface area contributed by atoms with Crippen molar-refractivity contribution in [3.8, 4) is 11.5 Å². The number of anilines is 1. The summed E-state index contributed by atoms with van der Waals surface area (Å²) in [5.41, 5.74) is 1.21. The van der Waals surface area contributed by atoms with Crippen molar-refractivity contribution in [1.82, 2.24) is 4.72 Å². The molecule has 1 aliphatic heterocycles. The molecule has 2 aromatic carbocycles. The predicted molar refractivity (Wildman–Crippen MR) is 119 cm³/mol. The van der Waals surface area contributed by atoms with Crippen molar-refractivity contribution in [3.63, 3.8) is 0 Å². The molecule has 10 heteroatoms. The second kappa shape index (κ2) is 10.7. The van der Waals surface area contributed by atoms with Gasteiger partial charge in [-0.15, -0.1) is 0 Å². The monoisotopic (exact) mass is 464 g/mol. The van der Waals surface area contributed by atoms with Crippen LogP contribution in [0.4, 0.5) is 5.69 Å². The lowest BCUT2D eigenvalue weighted by atomic mass is 10.1.